The van der Waals surface area contributed by atoms with Gasteiger partial charge in [-0.2, -0.15) is 4.98 Å². The molecule has 1 unspecified atom stereocenters. The number of nitrogens with zero attached hydrogens (tertiary/aromatic N) is 4. The fraction of sp³-hybridized carbons (Fsp3) is 0.379. The molecule has 2 amide bonds. The molecular weight excluding hydrogens is 546 g/mol. The second-order valence-corrected chi connectivity index (χ2v) is 12.9. The van der Waals surface area contributed by atoms with Crippen LogP contribution < -0.4 is 9.46 Å². The third-order valence-electron chi connectivity index (χ3n) is 6.88. The van der Waals surface area contributed by atoms with Crippen molar-refractivity contribution in [3.63, 3.8) is 0 Å². The molecule has 0 aliphatic carbocycles. The lowest BCUT2D eigenvalue weighted by molar-refractivity contribution is -0.00114. The summed E-state index contributed by atoms with van der Waals surface area (Å²) < 4.78 is 40.9. The highest BCUT2D eigenvalue weighted by atomic mass is 32.2. The first kappa shape index (κ1) is 28.3. The molecule has 4 bridgehead atoms. The number of sulfonamides is 1. The molecule has 0 spiro atoms. The molecule has 41 heavy (non-hydrogen) atoms. The largest absolute Gasteiger partial charge is 0.475 e. The van der Waals surface area contributed by atoms with E-state index in [1.807, 2.05) is 32.0 Å². The molecular formula is C29H33N5O6S. The maximum atomic E-state index is 13.7. The Kier molecular flexibility index (Phi) is 7.37. The molecule has 1 atom stereocenters. The molecule has 216 valence electrons. The number of rotatable bonds is 1. The Labute approximate surface area is 239 Å². The van der Waals surface area contributed by atoms with Crippen LogP contribution in [-0.4, -0.2) is 78.1 Å². The lowest BCUT2D eigenvalue weighted by atomic mass is 10.00. The summed E-state index contributed by atoms with van der Waals surface area (Å²) in [4.78, 5) is 38.5. The van der Waals surface area contributed by atoms with Crippen molar-refractivity contribution >= 4 is 28.0 Å². The number of carbonyl (C=O) groups is 2. The minimum absolute atomic E-state index is 0.000125. The van der Waals surface area contributed by atoms with Gasteiger partial charge in [-0.05, 0) is 63.9 Å². The Morgan fingerprint density at radius 3 is 2.46 bits per heavy atom. The average molecular weight is 580 g/mol. The van der Waals surface area contributed by atoms with Crippen molar-refractivity contribution in [2.45, 2.75) is 51.2 Å². The molecule has 1 fully saturated rings. The van der Waals surface area contributed by atoms with Gasteiger partial charge in [0.2, 0.25) is 11.8 Å². The molecule has 2 aromatic carbocycles. The Morgan fingerprint density at radius 1 is 1.05 bits per heavy atom. The Balaban J connectivity index is 1.58. The van der Waals surface area contributed by atoms with Gasteiger partial charge in [0, 0.05) is 36.8 Å². The Hall–Kier alpha value is -4.19. The summed E-state index contributed by atoms with van der Waals surface area (Å²) >= 11 is 0. The number of nitrogens with one attached hydrogen (secondary N) is 1. The summed E-state index contributed by atoms with van der Waals surface area (Å²) in [5.41, 5.74) is 2.74. The highest BCUT2D eigenvalue weighted by Gasteiger charge is 2.36. The highest BCUT2D eigenvalue weighted by molar-refractivity contribution is 7.92. The van der Waals surface area contributed by atoms with E-state index in [2.05, 4.69) is 14.7 Å². The molecule has 3 heterocycles. The van der Waals surface area contributed by atoms with Crippen LogP contribution in [0.5, 0.6) is 5.88 Å². The monoisotopic (exact) mass is 579 g/mol. The maximum Gasteiger partial charge on any atom is 0.410 e. The number of piperazine rings is 1. The van der Waals surface area contributed by atoms with Gasteiger partial charge in [-0.3, -0.25) is 4.79 Å². The number of ether oxygens (including phenoxy) is 2. The third kappa shape index (κ3) is 6.12. The number of benzene rings is 2. The van der Waals surface area contributed by atoms with E-state index in [1.165, 1.54) is 18.2 Å². The van der Waals surface area contributed by atoms with Crippen molar-refractivity contribution in [1.82, 2.24) is 19.8 Å². The zero-order valence-corrected chi connectivity index (χ0v) is 24.5. The first-order valence-corrected chi connectivity index (χ1v) is 14.8. The molecule has 1 N–H and O–H groups in total. The predicted octanol–water partition coefficient (Wildman–Crippen LogP) is 4.02. The van der Waals surface area contributed by atoms with E-state index >= 15 is 0 Å². The van der Waals surface area contributed by atoms with Crippen molar-refractivity contribution < 1.29 is 27.5 Å². The summed E-state index contributed by atoms with van der Waals surface area (Å²) in [6.45, 7) is 9.90. The number of carbonyl (C=O) groups excluding carboxylic acids is 2. The van der Waals surface area contributed by atoms with E-state index in [-0.39, 0.29) is 54.4 Å². The molecule has 1 saturated heterocycles. The van der Waals surface area contributed by atoms with Gasteiger partial charge in [-0.1, -0.05) is 24.3 Å². The molecule has 0 radical (unpaired) electrons. The lowest BCUT2D eigenvalue weighted by Gasteiger charge is -2.41. The van der Waals surface area contributed by atoms with Crippen LogP contribution in [0.25, 0.3) is 11.3 Å². The molecule has 12 heteroatoms. The van der Waals surface area contributed by atoms with Gasteiger partial charge >= 0.3 is 6.09 Å². The molecule has 2 aliphatic heterocycles. The second kappa shape index (κ2) is 10.7. The third-order valence-corrected chi connectivity index (χ3v) is 8.20. The van der Waals surface area contributed by atoms with Crippen LogP contribution in [0.15, 0.2) is 53.4 Å². The van der Waals surface area contributed by atoms with E-state index in [9.17, 15) is 18.0 Å². The Bertz CT molecular complexity index is 1600. The maximum absolute atomic E-state index is 13.7. The van der Waals surface area contributed by atoms with Crippen molar-refractivity contribution in [1.29, 1.82) is 0 Å². The van der Waals surface area contributed by atoms with E-state index in [0.29, 0.717) is 5.69 Å². The van der Waals surface area contributed by atoms with Crippen molar-refractivity contribution in [2.24, 2.45) is 0 Å². The van der Waals surface area contributed by atoms with Gasteiger partial charge in [-0.15, -0.1) is 0 Å². The number of fused-ring (bicyclic) bond motifs is 5. The minimum atomic E-state index is -4.14. The minimum Gasteiger partial charge on any atom is -0.475 e. The first-order chi connectivity index (χ1) is 19.3. The summed E-state index contributed by atoms with van der Waals surface area (Å²) in [6, 6.07) is 12.7. The standard InChI is InChI=1S/C29H33N5O6S/c1-18-8-6-9-19(2)25(18)23-15-24-31-27(30-23)32-41(37,38)22-11-7-10-20(14-22)26(35)34-13-12-33(16-21(34)17-39-24)28(36)40-29(3,4)5/h6-11,14-15,21H,12-13,16-17H2,1-5H3,(H,30,31,32). The van der Waals surface area contributed by atoms with Crippen LogP contribution in [0.2, 0.25) is 0 Å². The number of anilines is 1. The van der Waals surface area contributed by atoms with Crippen molar-refractivity contribution in [3.05, 3.63) is 65.2 Å². The zero-order valence-electron chi connectivity index (χ0n) is 23.7. The molecule has 1 aromatic heterocycles. The van der Waals surface area contributed by atoms with Crippen LogP contribution in [0.3, 0.4) is 0 Å². The molecule has 0 saturated carbocycles. The second-order valence-electron chi connectivity index (χ2n) is 11.2. The molecule has 11 nitrogen and oxygen atoms in total. The van der Waals surface area contributed by atoms with E-state index in [1.54, 1.807) is 42.7 Å². The van der Waals surface area contributed by atoms with Crippen molar-refractivity contribution in [3.8, 4) is 17.1 Å². The van der Waals surface area contributed by atoms with Gasteiger partial charge in [0.1, 0.15) is 12.2 Å². The topological polar surface area (TPSA) is 131 Å². The van der Waals surface area contributed by atoms with Gasteiger partial charge in [0.05, 0.1) is 16.6 Å². The lowest BCUT2D eigenvalue weighted by Crippen LogP contribution is -2.59. The fourth-order valence-electron chi connectivity index (χ4n) is 4.97. The predicted molar refractivity (Wildman–Crippen MR) is 152 cm³/mol. The normalized spacial score (nSPS) is 18.6. The van der Waals surface area contributed by atoms with Gasteiger partial charge in [0.15, 0.2) is 0 Å². The van der Waals surface area contributed by atoms with Gasteiger partial charge in [-0.25, -0.2) is 22.9 Å². The Morgan fingerprint density at radius 2 is 1.76 bits per heavy atom. The van der Waals surface area contributed by atoms with Gasteiger partial charge < -0.3 is 19.3 Å². The number of aromatic nitrogens is 2. The highest BCUT2D eigenvalue weighted by Crippen LogP contribution is 2.30. The average Bonchev–Trinajstić information content (AvgIpc) is 2.90. The summed E-state index contributed by atoms with van der Waals surface area (Å²) in [5.74, 6) is -0.400. The smallest absolute Gasteiger partial charge is 0.410 e. The number of aryl methyl sites for hydroxylation is 2. The quantitative estimate of drug-likeness (QED) is 0.458. The van der Waals surface area contributed by atoms with Crippen LogP contribution in [0, 0.1) is 13.8 Å². The first-order valence-electron chi connectivity index (χ1n) is 13.3. The fourth-order valence-corrected chi connectivity index (χ4v) is 5.96. The molecule has 5 rings (SSSR count). The van der Waals surface area contributed by atoms with E-state index in [0.717, 1.165) is 16.7 Å². The zero-order chi connectivity index (χ0) is 29.5. The van der Waals surface area contributed by atoms with Crippen LogP contribution >= 0.6 is 0 Å². The summed E-state index contributed by atoms with van der Waals surface area (Å²) in [5, 5.41) is 0. The summed E-state index contributed by atoms with van der Waals surface area (Å²) in [7, 11) is -4.14. The molecule has 2 aliphatic rings. The SMILES string of the molecule is Cc1cccc(C)c1-c1cc2nc(n1)NS(=O)(=O)c1cccc(c1)C(=O)N1CCN(C(=O)OC(C)(C)C)CC1CO2. The van der Waals surface area contributed by atoms with Crippen LogP contribution in [-0.2, 0) is 14.8 Å². The van der Waals surface area contributed by atoms with Gasteiger partial charge in [0.25, 0.3) is 15.9 Å². The summed E-state index contributed by atoms with van der Waals surface area (Å²) in [6.07, 6.45) is -0.480. The van der Waals surface area contributed by atoms with Crippen LogP contribution in [0.1, 0.15) is 42.3 Å². The number of amides is 2. The van der Waals surface area contributed by atoms with E-state index < -0.39 is 27.8 Å². The number of hydrogen-bond donors (Lipinski definition) is 1. The molecule has 3 aromatic rings. The number of hydrogen-bond acceptors (Lipinski definition) is 8. The van der Waals surface area contributed by atoms with Crippen LogP contribution in [0.4, 0.5) is 10.7 Å². The van der Waals surface area contributed by atoms with E-state index in [4.69, 9.17) is 9.47 Å². The van der Waals surface area contributed by atoms with Crippen molar-refractivity contribution in [2.75, 3.05) is 31.0 Å².